The molecule has 190 valence electrons. The molecule has 8 N–H and O–H groups in total. The lowest BCUT2D eigenvalue weighted by atomic mass is 10.0. The van der Waals surface area contributed by atoms with E-state index in [1.165, 1.54) is 0 Å². The number of carbonyl (C=O) groups is 2. The van der Waals surface area contributed by atoms with Gasteiger partial charge in [-0.1, -0.05) is 60.7 Å². The monoisotopic (exact) mass is 504 g/mol. The van der Waals surface area contributed by atoms with Gasteiger partial charge in [-0.3, -0.25) is 20.4 Å². The highest BCUT2D eigenvalue weighted by Gasteiger charge is 2.10. The van der Waals surface area contributed by atoms with Gasteiger partial charge in [0.2, 0.25) is 0 Å². The van der Waals surface area contributed by atoms with Gasteiger partial charge >= 0.3 is 0 Å². The Morgan fingerprint density at radius 1 is 0.526 bits per heavy atom. The molecule has 0 spiro atoms. The highest BCUT2D eigenvalue weighted by atomic mass is 16.2. The molecule has 2 amide bonds. The molecule has 0 unspecified atom stereocenters. The van der Waals surface area contributed by atoms with Crippen LogP contribution in [0.4, 0.5) is 0 Å². The first kappa shape index (κ1) is 25.8. The van der Waals surface area contributed by atoms with Crippen LogP contribution in [0.15, 0.2) is 97.1 Å². The molecule has 0 atom stereocenters. The van der Waals surface area contributed by atoms with E-state index in [1.807, 2.05) is 54.6 Å². The molecular formula is C30H28N6O2. The van der Waals surface area contributed by atoms with Gasteiger partial charge in [-0.05, 0) is 58.7 Å². The molecule has 0 aliphatic heterocycles. The third-order valence-corrected chi connectivity index (χ3v) is 5.98. The number of amidine groups is 2. The van der Waals surface area contributed by atoms with E-state index in [2.05, 4.69) is 10.6 Å². The topological polar surface area (TPSA) is 158 Å². The fraction of sp³-hybridized carbons (Fsp3) is 0.0667. The van der Waals surface area contributed by atoms with Crippen LogP contribution in [0.2, 0.25) is 0 Å². The van der Waals surface area contributed by atoms with E-state index in [0.717, 1.165) is 22.3 Å². The number of nitrogens with two attached hydrogens (primary N) is 2. The summed E-state index contributed by atoms with van der Waals surface area (Å²) in [4.78, 5) is 25.2. The van der Waals surface area contributed by atoms with Crippen LogP contribution in [0.1, 0.15) is 31.8 Å². The fourth-order valence-corrected chi connectivity index (χ4v) is 3.94. The zero-order chi connectivity index (χ0) is 27.1. The number of benzene rings is 4. The van der Waals surface area contributed by atoms with E-state index in [1.54, 1.807) is 42.5 Å². The standard InChI is InChI=1S/C30H28N6O2/c31-27(32)24-7-1-4-21(16-24)19-10-12-20(13-11-19)29(37)35-14-15-36-30(38)26-9-3-6-23(18-26)22-5-2-8-25(17-22)28(33)34/h1-13,16-18H,14-15H2,(H3,31,32)(H3,33,34)(H,35,37)(H,36,38). The number of nitrogen functional groups attached to an aromatic ring is 2. The van der Waals surface area contributed by atoms with Crippen molar-refractivity contribution < 1.29 is 9.59 Å². The molecule has 38 heavy (non-hydrogen) atoms. The minimum Gasteiger partial charge on any atom is -0.384 e. The SMILES string of the molecule is N=C(N)c1cccc(-c2ccc(C(=O)NCCNC(=O)c3cccc(-c4cccc(C(=N)N)c4)c3)cc2)c1. The Kier molecular flexibility index (Phi) is 7.93. The Hall–Kier alpha value is -5.24. The third kappa shape index (κ3) is 6.30. The molecule has 0 bridgehead atoms. The van der Waals surface area contributed by atoms with Crippen molar-refractivity contribution in [2.45, 2.75) is 0 Å². The molecule has 0 saturated heterocycles. The summed E-state index contributed by atoms with van der Waals surface area (Å²) < 4.78 is 0. The Morgan fingerprint density at radius 3 is 1.39 bits per heavy atom. The van der Waals surface area contributed by atoms with Gasteiger partial charge in [-0.25, -0.2) is 0 Å². The molecule has 0 aromatic heterocycles. The fourth-order valence-electron chi connectivity index (χ4n) is 3.94. The van der Waals surface area contributed by atoms with Crippen LogP contribution >= 0.6 is 0 Å². The number of amides is 2. The molecule has 0 aliphatic rings. The number of hydrogen-bond acceptors (Lipinski definition) is 4. The van der Waals surface area contributed by atoms with Crippen molar-refractivity contribution in [3.63, 3.8) is 0 Å². The predicted molar refractivity (Wildman–Crippen MR) is 150 cm³/mol. The second kappa shape index (κ2) is 11.7. The van der Waals surface area contributed by atoms with Crippen molar-refractivity contribution in [3.8, 4) is 22.3 Å². The molecule has 8 nitrogen and oxygen atoms in total. The predicted octanol–water partition coefficient (Wildman–Crippen LogP) is 3.75. The zero-order valence-electron chi connectivity index (χ0n) is 20.6. The first-order valence-corrected chi connectivity index (χ1v) is 12.0. The maximum atomic E-state index is 12.7. The number of hydrogen-bond donors (Lipinski definition) is 6. The molecule has 0 heterocycles. The number of carbonyl (C=O) groups excluding carboxylic acids is 2. The molecule has 0 fully saturated rings. The second-order valence-electron chi connectivity index (χ2n) is 8.66. The van der Waals surface area contributed by atoms with E-state index in [0.29, 0.717) is 22.3 Å². The Labute approximate surface area is 220 Å². The Balaban J connectivity index is 1.30. The van der Waals surface area contributed by atoms with Crippen molar-refractivity contribution in [1.29, 1.82) is 10.8 Å². The molecule has 0 saturated carbocycles. The molecule has 0 radical (unpaired) electrons. The average Bonchev–Trinajstić information content (AvgIpc) is 2.95. The van der Waals surface area contributed by atoms with Crippen molar-refractivity contribution in [1.82, 2.24) is 10.6 Å². The largest absolute Gasteiger partial charge is 0.384 e. The van der Waals surface area contributed by atoms with Crippen LogP contribution < -0.4 is 22.1 Å². The normalized spacial score (nSPS) is 10.4. The highest BCUT2D eigenvalue weighted by molar-refractivity contribution is 5.98. The Bertz CT molecular complexity index is 1510. The maximum absolute atomic E-state index is 12.7. The van der Waals surface area contributed by atoms with Gasteiger partial charge in [0.1, 0.15) is 11.7 Å². The van der Waals surface area contributed by atoms with Crippen molar-refractivity contribution >= 4 is 23.5 Å². The molecule has 8 heteroatoms. The van der Waals surface area contributed by atoms with E-state index in [9.17, 15) is 9.59 Å². The van der Waals surface area contributed by atoms with Crippen LogP contribution in [0.5, 0.6) is 0 Å². The van der Waals surface area contributed by atoms with Gasteiger partial charge in [0.05, 0.1) is 0 Å². The molecule has 4 rings (SSSR count). The molecule has 4 aromatic carbocycles. The minimum atomic E-state index is -0.249. The van der Waals surface area contributed by atoms with Crippen LogP contribution in [0.3, 0.4) is 0 Å². The first-order valence-electron chi connectivity index (χ1n) is 12.0. The summed E-state index contributed by atoms with van der Waals surface area (Å²) in [5, 5.41) is 20.9. The lowest BCUT2D eigenvalue weighted by molar-refractivity contribution is 0.0927. The third-order valence-electron chi connectivity index (χ3n) is 5.98. The molecule has 4 aromatic rings. The van der Waals surface area contributed by atoms with Gasteiger partial charge < -0.3 is 22.1 Å². The maximum Gasteiger partial charge on any atom is 0.251 e. The molecular weight excluding hydrogens is 476 g/mol. The van der Waals surface area contributed by atoms with E-state index >= 15 is 0 Å². The van der Waals surface area contributed by atoms with E-state index < -0.39 is 0 Å². The van der Waals surface area contributed by atoms with Crippen molar-refractivity contribution in [2.75, 3.05) is 13.1 Å². The summed E-state index contributed by atoms with van der Waals surface area (Å²) in [6.45, 7) is 0.540. The number of rotatable bonds is 9. The van der Waals surface area contributed by atoms with Crippen molar-refractivity contribution in [3.05, 3.63) is 119 Å². The summed E-state index contributed by atoms with van der Waals surface area (Å²) >= 11 is 0. The lowest BCUT2D eigenvalue weighted by Crippen LogP contribution is -2.34. The molecule has 0 aliphatic carbocycles. The van der Waals surface area contributed by atoms with Crippen LogP contribution in [-0.4, -0.2) is 36.6 Å². The second-order valence-corrected chi connectivity index (χ2v) is 8.66. The summed E-state index contributed by atoms with van der Waals surface area (Å²) in [6, 6.07) is 29.0. The minimum absolute atomic E-state index is 0.00194. The zero-order valence-corrected chi connectivity index (χ0v) is 20.6. The van der Waals surface area contributed by atoms with Crippen molar-refractivity contribution in [2.24, 2.45) is 11.5 Å². The van der Waals surface area contributed by atoms with Crippen LogP contribution in [-0.2, 0) is 0 Å². The van der Waals surface area contributed by atoms with E-state index in [-0.39, 0.29) is 36.6 Å². The summed E-state index contributed by atoms with van der Waals surface area (Å²) in [7, 11) is 0. The highest BCUT2D eigenvalue weighted by Crippen LogP contribution is 2.22. The summed E-state index contributed by atoms with van der Waals surface area (Å²) in [5.74, 6) is -0.503. The Morgan fingerprint density at radius 2 is 0.921 bits per heavy atom. The summed E-state index contributed by atoms with van der Waals surface area (Å²) in [6.07, 6.45) is 0. The van der Waals surface area contributed by atoms with Gasteiger partial charge in [-0.15, -0.1) is 0 Å². The van der Waals surface area contributed by atoms with Gasteiger partial charge in [-0.2, -0.15) is 0 Å². The first-order chi connectivity index (χ1) is 18.3. The smallest absolute Gasteiger partial charge is 0.251 e. The average molecular weight is 505 g/mol. The van der Waals surface area contributed by atoms with Crippen LogP contribution in [0, 0.1) is 10.8 Å². The van der Waals surface area contributed by atoms with Crippen LogP contribution in [0.25, 0.3) is 22.3 Å². The lowest BCUT2D eigenvalue weighted by Gasteiger charge is -2.10. The van der Waals surface area contributed by atoms with Gasteiger partial charge in [0.15, 0.2) is 0 Å². The summed E-state index contributed by atoms with van der Waals surface area (Å²) in [5.41, 5.74) is 16.9. The quantitative estimate of drug-likeness (QED) is 0.116. The number of nitrogens with one attached hydrogen (secondary N) is 4. The van der Waals surface area contributed by atoms with Gasteiger partial charge in [0, 0.05) is 35.3 Å². The van der Waals surface area contributed by atoms with Gasteiger partial charge in [0.25, 0.3) is 11.8 Å². The van der Waals surface area contributed by atoms with E-state index in [4.69, 9.17) is 22.3 Å².